The van der Waals surface area contributed by atoms with Gasteiger partial charge >= 0.3 is 0 Å². The summed E-state index contributed by atoms with van der Waals surface area (Å²) in [5.41, 5.74) is 0.384. The van der Waals surface area contributed by atoms with Crippen LogP contribution in [0, 0.1) is 6.92 Å². The molecule has 7 nitrogen and oxygen atoms in total. The van der Waals surface area contributed by atoms with Crippen molar-refractivity contribution < 1.29 is 20.1 Å². The van der Waals surface area contributed by atoms with E-state index >= 15 is 0 Å². The van der Waals surface area contributed by atoms with E-state index < -0.39 is 30.1 Å². The van der Waals surface area contributed by atoms with Crippen LogP contribution in [0.3, 0.4) is 0 Å². The van der Waals surface area contributed by atoms with Crippen LogP contribution < -0.4 is 0 Å². The predicted octanol–water partition coefficient (Wildman–Crippen LogP) is 1.92. The summed E-state index contributed by atoms with van der Waals surface area (Å²) in [7, 11) is 0. The van der Waals surface area contributed by atoms with E-state index in [-0.39, 0.29) is 0 Å². The molecule has 0 bridgehead atoms. The Labute approximate surface area is 160 Å². The number of hydrogen-bond acceptors (Lipinski definition) is 6. The summed E-state index contributed by atoms with van der Waals surface area (Å²) in [6, 6.07) is 8.47. The second kappa shape index (κ2) is 6.54. The van der Waals surface area contributed by atoms with E-state index in [9.17, 15) is 15.3 Å². The Morgan fingerprint density at radius 1 is 1.11 bits per heavy atom. The Morgan fingerprint density at radius 2 is 1.81 bits per heavy atom. The SMILES string of the molecule is Cc1ncnc2c1ccn2[C@@H]1OC([C@](C)(O)c2ccc(Cl)cc2)[C@@H](O)[C@H]1O. The average Bonchev–Trinajstić information content (AvgIpc) is 3.19. The third kappa shape index (κ3) is 2.92. The summed E-state index contributed by atoms with van der Waals surface area (Å²) in [5.74, 6) is 0. The van der Waals surface area contributed by atoms with E-state index in [1.54, 1.807) is 42.0 Å². The van der Waals surface area contributed by atoms with Crippen molar-refractivity contribution in [2.75, 3.05) is 0 Å². The molecule has 1 aliphatic rings. The van der Waals surface area contributed by atoms with Gasteiger partial charge in [0, 0.05) is 16.6 Å². The van der Waals surface area contributed by atoms with Crippen LogP contribution >= 0.6 is 11.6 Å². The van der Waals surface area contributed by atoms with Gasteiger partial charge in [0.25, 0.3) is 0 Å². The van der Waals surface area contributed by atoms with Crippen molar-refractivity contribution in [3.05, 3.63) is 59.1 Å². The molecule has 3 N–H and O–H groups in total. The molecule has 3 heterocycles. The highest BCUT2D eigenvalue weighted by Gasteiger charge is 2.52. The molecule has 2 aromatic heterocycles. The molecule has 0 radical (unpaired) electrons. The van der Waals surface area contributed by atoms with E-state index in [2.05, 4.69) is 9.97 Å². The van der Waals surface area contributed by atoms with E-state index in [0.717, 1.165) is 11.1 Å². The molecule has 8 heteroatoms. The van der Waals surface area contributed by atoms with Crippen molar-refractivity contribution in [3.8, 4) is 0 Å². The first kappa shape index (κ1) is 18.3. The van der Waals surface area contributed by atoms with Gasteiger partial charge in [-0.2, -0.15) is 0 Å². The van der Waals surface area contributed by atoms with Gasteiger partial charge in [-0.3, -0.25) is 0 Å². The molecule has 0 saturated carbocycles. The smallest absolute Gasteiger partial charge is 0.164 e. The first-order chi connectivity index (χ1) is 12.8. The number of aromatic nitrogens is 3. The Balaban J connectivity index is 1.70. The minimum Gasteiger partial charge on any atom is -0.387 e. The molecular weight excluding hydrogens is 370 g/mol. The van der Waals surface area contributed by atoms with Gasteiger partial charge in [0.05, 0.1) is 5.69 Å². The van der Waals surface area contributed by atoms with Crippen LogP contribution in [-0.4, -0.2) is 48.2 Å². The van der Waals surface area contributed by atoms with Crippen molar-refractivity contribution in [2.45, 2.75) is 44.0 Å². The number of rotatable bonds is 3. The molecule has 0 amide bonds. The number of aliphatic hydroxyl groups is 3. The Bertz CT molecular complexity index is 973. The van der Waals surface area contributed by atoms with Crippen LogP contribution in [0.25, 0.3) is 11.0 Å². The lowest BCUT2D eigenvalue weighted by Gasteiger charge is -2.32. The largest absolute Gasteiger partial charge is 0.387 e. The molecular formula is C19H20ClN3O4. The fourth-order valence-electron chi connectivity index (χ4n) is 3.61. The lowest BCUT2D eigenvalue weighted by molar-refractivity contribution is -0.135. The molecule has 1 saturated heterocycles. The average molecular weight is 390 g/mol. The van der Waals surface area contributed by atoms with Crippen molar-refractivity contribution in [2.24, 2.45) is 0 Å². The Kier molecular flexibility index (Phi) is 4.44. The first-order valence-corrected chi connectivity index (χ1v) is 8.96. The van der Waals surface area contributed by atoms with Crippen LogP contribution in [0.15, 0.2) is 42.9 Å². The number of aryl methyl sites for hydroxylation is 1. The second-order valence-electron chi connectivity index (χ2n) is 7.00. The van der Waals surface area contributed by atoms with Gasteiger partial charge in [-0.1, -0.05) is 23.7 Å². The molecule has 5 atom stereocenters. The maximum absolute atomic E-state index is 11.1. The molecule has 3 aromatic rings. The molecule has 0 aliphatic carbocycles. The number of nitrogens with zero attached hydrogens (tertiary/aromatic N) is 3. The van der Waals surface area contributed by atoms with Crippen LogP contribution in [0.4, 0.5) is 0 Å². The van der Waals surface area contributed by atoms with E-state index in [1.165, 1.54) is 6.33 Å². The predicted molar refractivity (Wildman–Crippen MR) is 99.2 cm³/mol. The third-order valence-electron chi connectivity index (χ3n) is 5.20. The normalized spacial score (nSPS) is 27.8. The van der Waals surface area contributed by atoms with Crippen molar-refractivity contribution >= 4 is 22.6 Å². The van der Waals surface area contributed by atoms with Gasteiger partial charge in [-0.25, -0.2) is 9.97 Å². The van der Waals surface area contributed by atoms with Crippen molar-refractivity contribution in [3.63, 3.8) is 0 Å². The zero-order valence-corrected chi connectivity index (χ0v) is 15.6. The molecule has 1 unspecified atom stereocenters. The number of aliphatic hydroxyl groups excluding tert-OH is 2. The van der Waals surface area contributed by atoms with Gasteiger partial charge in [0.15, 0.2) is 6.23 Å². The summed E-state index contributed by atoms with van der Waals surface area (Å²) in [6.45, 7) is 3.41. The first-order valence-electron chi connectivity index (χ1n) is 8.59. The number of benzene rings is 1. The second-order valence-corrected chi connectivity index (χ2v) is 7.44. The van der Waals surface area contributed by atoms with Gasteiger partial charge in [-0.05, 0) is 37.6 Å². The Hall–Kier alpha value is -2.03. The maximum Gasteiger partial charge on any atom is 0.164 e. The topological polar surface area (TPSA) is 101 Å². The monoisotopic (exact) mass is 389 g/mol. The summed E-state index contributed by atoms with van der Waals surface area (Å²) in [4.78, 5) is 8.42. The van der Waals surface area contributed by atoms with Crippen LogP contribution in [0.5, 0.6) is 0 Å². The van der Waals surface area contributed by atoms with Crippen LogP contribution in [0.1, 0.15) is 24.4 Å². The fraction of sp³-hybridized carbons (Fsp3) is 0.368. The highest BCUT2D eigenvalue weighted by atomic mass is 35.5. The van der Waals surface area contributed by atoms with Crippen LogP contribution in [-0.2, 0) is 10.3 Å². The van der Waals surface area contributed by atoms with Gasteiger partial charge in [0.2, 0.25) is 0 Å². The molecule has 1 aromatic carbocycles. The minimum atomic E-state index is -1.53. The van der Waals surface area contributed by atoms with Gasteiger partial charge < -0.3 is 24.6 Å². The van der Waals surface area contributed by atoms with Crippen molar-refractivity contribution in [1.82, 2.24) is 14.5 Å². The third-order valence-corrected chi connectivity index (χ3v) is 5.46. The van der Waals surface area contributed by atoms with Gasteiger partial charge in [0.1, 0.15) is 35.9 Å². The lowest BCUT2D eigenvalue weighted by atomic mass is 9.87. The molecule has 142 valence electrons. The summed E-state index contributed by atoms with van der Waals surface area (Å²) < 4.78 is 7.60. The fourth-order valence-corrected chi connectivity index (χ4v) is 3.73. The molecule has 1 aliphatic heterocycles. The minimum absolute atomic E-state index is 0.527. The van der Waals surface area contributed by atoms with E-state index in [1.807, 2.05) is 13.0 Å². The number of halogens is 1. The Morgan fingerprint density at radius 3 is 2.52 bits per heavy atom. The lowest BCUT2D eigenvalue weighted by Crippen LogP contribution is -2.45. The summed E-state index contributed by atoms with van der Waals surface area (Å²) in [6.07, 6.45) is -1.30. The number of ether oxygens (including phenoxy) is 1. The molecule has 27 heavy (non-hydrogen) atoms. The highest BCUT2D eigenvalue weighted by molar-refractivity contribution is 6.30. The number of hydrogen-bond donors (Lipinski definition) is 3. The van der Waals surface area contributed by atoms with Crippen LogP contribution in [0.2, 0.25) is 5.02 Å². The maximum atomic E-state index is 11.1. The standard InChI is InChI=1S/C19H20ClN3O4/c1-10-13-7-8-23(17(13)22-9-21-10)18-15(25)14(24)16(27-18)19(2,26)11-3-5-12(20)6-4-11/h3-9,14-16,18,24-26H,1-2H3/t14-,15+,16?,18+,19+/m0/s1. The van der Waals surface area contributed by atoms with Gasteiger partial charge in [-0.15, -0.1) is 0 Å². The molecule has 4 rings (SSSR count). The highest BCUT2D eigenvalue weighted by Crippen LogP contribution is 2.40. The van der Waals surface area contributed by atoms with Crippen molar-refractivity contribution in [1.29, 1.82) is 0 Å². The zero-order chi connectivity index (χ0) is 19.3. The summed E-state index contributed by atoms with van der Waals surface area (Å²) in [5, 5.41) is 33.6. The van der Waals surface area contributed by atoms with E-state index in [4.69, 9.17) is 16.3 Å². The summed E-state index contributed by atoms with van der Waals surface area (Å²) >= 11 is 5.91. The molecule has 1 fully saturated rings. The quantitative estimate of drug-likeness (QED) is 0.632. The molecule has 0 spiro atoms. The van der Waals surface area contributed by atoms with E-state index in [0.29, 0.717) is 16.2 Å². The zero-order valence-electron chi connectivity index (χ0n) is 14.8. The number of fused-ring (bicyclic) bond motifs is 1.